The summed E-state index contributed by atoms with van der Waals surface area (Å²) in [6.07, 6.45) is 1.48. The molecule has 28 heavy (non-hydrogen) atoms. The number of nitrogens with one attached hydrogen (secondary N) is 1. The summed E-state index contributed by atoms with van der Waals surface area (Å²) in [4.78, 5) is 17.1. The molecule has 0 radical (unpaired) electrons. The Morgan fingerprint density at radius 1 is 1.11 bits per heavy atom. The lowest BCUT2D eigenvalue weighted by atomic mass is 10.2. The number of rotatable bonds is 7. The Hall–Kier alpha value is -3.32. The average molecular weight is 394 g/mol. The third-order valence-corrected chi connectivity index (χ3v) is 4.92. The summed E-state index contributed by atoms with van der Waals surface area (Å²) >= 11 is 1.38. The van der Waals surface area contributed by atoms with E-state index in [1.54, 1.807) is 6.07 Å². The molecule has 4 rings (SSSR count). The van der Waals surface area contributed by atoms with E-state index in [0.717, 1.165) is 21.7 Å². The first-order valence-corrected chi connectivity index (χ1v) is 9.63. The van der Waals surface area contributed by atoms with Crippen molar-refractivity contribution in [3.8, 4) is 11.5 Å². The normalized spacial score (nSPS) is 10.8. The highest BCUT2D eigenvalue weighted by Gasteiger charge is 2.18. The van der Waals surface area contributed by atoms with Crippen LogP contribution >= 0.6 is 11.3 Å². The topological polar surface area (TPSA) is 73.6 Å². The van der Waals surface area contributed by atoms with E-state index in [0.29, 0.717) is 17.3 Å². The fourth-order valence-electron chi connectivity index (χ4n) is 2.70. The number of thiazole rings is 1. The number of carbonyl (C=O) groups is 1. The molecule has 7 heteroatoms. The highest BCUT2D eigenvalue weighted by molar-refractivity contribution is 7.22. The van der Waals surface area contributed by atoms with Crippen LogP contribution in [0, 0.1) is 0 Å². The molecule has 2 aromatic carbocycles. The fourth-order valence-corrected chi connectivity index (χ4v) is 3.58. The first kappa shape index (κ1) is 18.1. The van der Waals surface area contributed by atoms with Crippen LogP contribution in [0.2, 0.25) is 0 Å². The Balaban J connectivity index is 1.47. The summed E-state index contributed by atoms with van der Waals surface area (Å²) in [5.74, 6) is 1.36. The smallest absolute Gasteiger partial charge is 0.293 e. The number of anilines is 1. The molecule has 0 unspecified atom stereocenters. The third kappa shape index (κ3) is 3.99. The Bertz CT molecular complexity index is 1090. The molecule has 0 atom stereocenters. The zero-order valence-corrected chi connectivity index (χ0v) is 16.0. The second kappa shape index (κ2) is 8.14. The van der Waals surface area contributed by atoms with Gasteiger partial charge in [0.15, 0.2) is 10.9 Å². The van der Waals surface area contributed by atoms with Crippen molar-refractivity contribution in [1.29, 1.82) is 0 Å². The Morgan fingerprint density at radius 2 is 1.96 bits per heavy atom. The SMILES string of the molecule is CCOc1ccc2nc(NC(=O)c3occc3COc3ccccc3)sc2c1. The molecule has 0 bridgehead atoms. The number of para-hydroxylation sites is 1. The second-order valence-corrected chi connectivity index (χ2v) is 6.94. The minimum atomic E-state index is -0.360. The van der Waals surface area contributed by atoms with Crippen LogP contribution in [0.4, 0.5) is 5.13 Å². The van der Waals surface area contributed by atoms with Gasteiger partial charge in [-0.1, -0.05) is 29.5 Å². The molecule has 0 aliphatic heterocycles. The van der Waals surface area contributed by atoms with Gasteiger partial charge < -0.3 is 13.9 Å². The maximum absolute atomic E-state index is 12.6. The van der Waals surface area contributed by atoms with Crippen molar-refractivity contribution in [2.75, 3.05) is 11.9 Å². The van der Waals surface area contributed by atoms with Gasteiger partial charge in [-0.2, -0.15) is 0 Å². The van der Waals surface area contributed by atoms with Gasteiger partial charge in [-0.05, 0) is 43.3 Å². The number of hydrogen-bond acceptors (Lipinski definition) is 6. The highest BCUT2D eigenvalue weighted by Crippen LogP contribution is 2.30. The first-order chi connectivity index (χ1) is 13.7. The fraction of sp³-hybridized carbons (Fsp3) is 0.143. The molecular weight excluding hydrogens is 376 g/mol. The number of fused-ring (bicyclic) bond motifs is 1. The van der Waals surface area contributed by atoms with Gasteiger partial charge in [0.25, 0.3) is 5.91 Å². The van der Waals surface area contributed by atoms with Gasteiger partial charge in [0.2, 0.25) is 0 Å². The van der Waals surface area contributed by atoms with Crippen LogP contribution in [0.1, 0.15) is 23.0 Å². The molecule has 1 amide bonds. The number of carbonyl (C=O) groups excluding carboxylic acids is 1. The lowest BCUT2D eigenvalue weighted by Gasteiger charge is -2.06. The van der Waals surface area contributed by atoms with Gasteiger partial charge in [0.1, 0.15) is 18.1 Å². The number of hydrogen-bond donors (Lipinski definition) is 1. The van der Waals surface area contributed by atoms with Crippen LogP contribution in [-0.4, -0.2) is 17.5 Å². The molecule has 2 heterocycles. The van der Waals surface area contributed by atoms with Crippen LogP contribution in [0.15, 0.2) is 65.3 Å². The molecule has 1 N–H and O–H groups in total. The molecule has 142 valence electrons. The Labute approximate surface area is 165 Å². The molecule has 0 saturated heterocycles. The van der Waals surface area contributed by atoms with E-state index < -0.39 is 0 Å². The predicted octanol–water partition coefficient (Wildman–Crippen LogP) is 5.12. The quantitative estimate of drug-likeness (QED) is 0.471. The Kier molecular flexibility index (Phi) is 5.25. The summed E-state index contributed by atoms with van der Waals surface area (Å²) in [5.41, 5.74) is 1.47. The molecule has 0 saturated carbocycles. The van der Waals surface area contributed by atoms with Crippen molar-refractivity contribution in [2.45, 2.75) is 13.5 Å². The number of aromatic nitrogens is 1. The number of nitrogens with zero attached hydrogens (tertiary/aromatic N) is 1. The molecule has 0 fully saturated rings. The van der Waals surface area contributed by atoms with Crippen molar-refractivity contribution in [1.82, 2.24) is 4.98 Å². The Morgan fingerprint density at radius 3 is 2.79 bits per heavy atom. The van der Waals surface area contributed by atoms with Crippen LogP contribution in [0.3, 0.4) is 0 Å². The second-order valence-electron chi connectivity index (χ2n) is 5.91. The number of ether oxygens (including phenoxy) is 2. The van der Waals surface area contributed by atoms with Crippen molar-refractivity contribution in [3.05, 3.63) is 72.2 Å². The van der Waals surface area contributed by atoms with E-state index in [1.807, 2.05) is 55.5 Å². The van der Waals surface area contributed by atoms with Gasteiger partial charge in [0, 0.05) is 5.56 Å². The highest BCUT2D eigenvalue weighted by atomic mass is 32.1. The molecular formula is C21H18N2O4S. The molecule has 4 aromatic rings. The molecule has 0 aliphatic carbocycles. The van der Waals surface area contributed by atoms with E-state index in [-0.39, 0.29) is 18.3 Å². The zero-order chi connectivity index (χ0) is 19.3. The van der Waals surface area contributed by atoms with Gasteiger partial charge >= 0.3 is 0 Å². The van der Waals surface area contributed by atoms with E-state index in [4.69, 9.17) is 13.9 Å². The van der Waals surface area contributed by atoms with Crippen LogP contribution in [0.5, 0.6) is 11.5 Å². The molecule has 2 aromatic heterocycles. The summed E-state index contributed by atoms with van der Waals surface area (Å²) in [7, 11) is 0. The monoisotopic (exact) mass is 394 g/mol. The van der Waals surface area contributed by atoms with Crippen LogP contribution < -0.4 is 14.8 Å². The predicted molar refractivity (Wildman–Crippen MR) is 108 cm³/mol. The standard InChI is InChI=1S/C21H18N2O4S/c1-2-25-16-8-9-17-18(12-16)28-21(22-17)23-20(24)19-14(10-11-26-19)13-27-15-6-4-3-5-7-15/h3-12H,2,13H2,1H3,(H,22,23,24). The van der Waals surface area contributed by atoms with E-state index in [2.05, 4.69) is 10.3 Å². The largest absolute Gasteiger partial charge is 0.494 e. The van der Waals surface area contributed by atoms with Crippen molar-refractivity contribution < 1.29 is 18.7 Å². The maximum atomic E-state index is 12.6. The third-order valence-electron chi connectivity index (χ3n) is 3.98. The van der Waals surface area contributed by atoms with Crippen LogP contribution in [-0.2, 0) is 6.61 Å². The number of amides is 1. The van der Waals surface area contributed by atoms with Gasteiger partial charge in [-0.25, -0.2) is 4.98 Å². The first-order valence-electron chi connectivity index (χ1n) is 8.82. The lowest BCUT2D eigenvalue weighted by molar-refractivity contribution is 0.0993. The summed E-state index contributed by atoms with van der Waals surface area (Å²) in [6, 6.07) is 16.8. The molecule has 0 aliphatic rings. The van der Waals surface area contributed by atoms with Crippen LogP contribution in [0.25, 0.3) is 10.2 Å². The molecule has 0 spiro atoms. The van der Waals surface area contributed by atoms with E-state index in [1.165, 1.54) is 17.6 Å². The summed E-state index contributed by atoms with van der Waals surface area (Å²) in [5, 5.41) is 3.30. The van der Waals surface area contributed by atoms with Gasteiger partial charge in [0.05, 0.1) is 23.1 Å². The van der Waals surface area contributed by atoms with E-state index >= 15 is 0 Å². The zero-order valence-electron chi connectivity index (χ0n) is 15.2. The minimum absolute atomic E-state index is 0.213. The van der Waals surface area contributed by atoms with Gasteiger partial charge in [-0.3, -0.25) is 10.1 Å². The summed E-state index contributed by atoms with van der Waals surface area (Å²) < 4.78 is 17.5. The maximum Gasteiger partial charge on any atom is 0.293 e. The minimum Gasteiger partial charge on any atom is -0.494 e. The van der Waals surface area contributed by atoms with Crippen molar-refractivity contribution in [3.63, 3.8) is 0 Å². The number of benzene rings is 2. The van der Waals surface area contributed by atoms with E-state index in [9.17, 15) is 4.79 Å². The lowest BCUT2D eigenvalue weighted by Crippen LogP contribution is -2.13. The van der Waals surface area contributed by atoms with Gasteiger partial charge in [-0.15, -0.1) is 0 Å². The van der Waals surface area contributed by atoms with Crippen molar-refractivity contribution >= 4 is 32.6 Å². The van der Waals surface area contributed by atoms with Crippen molar-refractivity contribution in [2.24, 2.45) is 0 Å². The number of furan rings is 1. The average Bonchev–Trinajstić information content (AvgIpc) is 3.33. The molecule has 6 nitrogen and oxygen atoms in total. The summed E-state index contributed by atoms with van der Waals surface area (Å²) in [6.45, 7) is 2.77.